The number of carbonyl (C=O) groups is 1. The molecule has 0 aliphatic carbocycles. The van der Waals surface area contributed by atoms with Gasteiger partial charge in [0.15, 0.2) is 0 Å². The van der Waals surface area contributed by atoms with Gasteiger partial charge < -0.3 is 10.0 Å². The lowest BCUT2D eigenvalue weighted by Crippen LogP contribution is -2.39. The molecule has 1 unspecified atom stereocenters. The summed E-state index contributed by atoms with van der Waals surface area (Å²) in [5.74, 6) is -0.414. The van der Waals surface area contributed by atoms with E-state index in [2.05, 4.69) is 32.7 Å². The highest BCUT2D eigenvalue weighted by molar-refractivity contribution is 9.10. The number of aromatic carboxylic acids is 1. The molecular formula is C14H20BrN3O2. The monoisotopic (exact) mass is 341 g/mol. The first-order valence-corrected chi connectivity index (χ1v) is 7.66. The van der Waals surface area contributed by atoms with Gasteiger partial charge in [-0.1, -0.05) is 6.92 Å². The molecule has 1 aliphatic rings. The highest BCUT2D eigenvalue weighted by Gasteiger charge is 2.26. The number of nitrogens with zero attached hydrogens (tertiary/aromatic N) is 3. The van der Waals surface area contributed by atoms with Gasteiger partial charge in [-0.3, -0.25) is 4.90 Å². The molecule has 1 fully saturated rings. The van der Waals surface area contributed by atoms with Crippen molar-refractivity contribution < 1.29 is 9.90 Å². The largest absolute Gasteiger partial charge is 0.478 e. The molecular weight excluding hydrogens is 322 g/mol. The van der Waals surface area contributed by atoms with Crippen molar-refractivity contribution in [3.05, 3.63) is 22.3 Å². The predicted octanol–water partition coefficient (Wildman–Crippen LogP) is 2.46. The lowest BCUT2D eigenvalue weighted by Gasteiger charge is -2.29. The highest BCUT2D eigenvalue weighted by Crippen LogP contribution is 2.23. The second kappa shape index (κ2) is 6.54. The Morgan fingerprint density at radius 1 is 1.65 bits per heavy atom. The number of pyridine rings is 1. The quantitative estimate of drug-likeness (QED) is 0.891. The molecule has 0 amide bonds. The molecule has 0 spiro atoms. The average molecular weight is 342 g/mol. The van der Waals surface area contributed by atoms with E-state index in [1.807, 2.05) is 11.9 Å². The number of carboxylic acids is 1. The smallest absolute Gasteiger partial charge is 0.339 e. The molecule has 1 aromatic heterocycles. The van der Waals surface area contributed by atoms with Gasteiger partial charge in [0.25, 0.3) is 0 Å². The van der Waals surface area contributed by atoms with Crippen molar-refractivity contribution in [3.63, 3.8) is 0 Å². The number of carboxylic acid groups (broad SMARTS) is 1. The molecule has 1 aliphatic heterocycles. The van der Waals surface area contributed by atoms with E-state index >= 15 is 0 Å². The summed E-state index contributed by atoms with van der Waals surface area (Å²) in [6.07, 6.45) is 4.02. The molecule has 0 aromatic carbocycles. The maximum absolute atomic E-state index is 11.3. The number of likely N-dealkylation sites (tertiary alicyclic amines) is 1. The summed E-state index contributed by atoms with van der Waals surface area (Å²) in [7, 11) is 1.91. The molecule has 1 aromatic rings. The van der Waals surface area contributed by atoms with E-state index in [1.165, 1.54) is 6.42 Å². The number of likely N-dealkylation sites (N-methyl/N-ethyl adjacent to an activating group) is 2. The second-order valence-corrected chi connectivity index (χ2v) is 6.05. The Morgan fingerprint density at radius 2 is 2.40 bits per heavy atom. The summed E-state index contributed by atoms with van der Waals surface area (Å²) in [5.41, 5.74) is 0.239. The number of anilines is 1. The maximum Gasteiger partial charge on any atom is 0.339 e. The summed E-state index contributed by atoms with van der Waals surface area (Å²) >= 11 is 3.27. The topological polar surface area (TPSA) is 56.7 Å². The Bertz CT molecular complexity index is 495. The van der Waals surface area contributed by atoms with Crippen LogP contribution < -0.4 is 4.90 Å². The van der Waals surface area contributed by atoms with Crippen molar-refractivity contribution in [1.82, 2.24) is 9.88 Å². The lowest BCUT2D eigenvalue weighted by atomic mass is 10.2. The van der Waals surface area contributed by atoms with Gasteiger partial charge in [0.05, 0.1) is 0 Å². The van der Waals surface area contributed by atoms with Gasteiger partial charge in [0.2, 0.25) is 0 Å². The van der Waals surface area contributed by atoms with Crippen LogP contribution >= 0.6 is 15.9 Å². The molecule has 6 heteroatoms. The zero-order chi connectivity index (χ0) is 14.7. The minimum absolute atomic E-state index is 0.239. The van der Waals surface area contributed by atoms with Gasteiger partial charge in [-0.15, -0.1) is 0 Å². The van der Waals surface area contributed by atoms with E-state index < -0.39 is 5.97 Å². The fourth-order valence-corrected chi connectivity index (χ4v) is 3.15. The molecule has 0 bridgehead atoms. The van der Waals surface area contributed by atoms with Crippen LogP contribution in [0.5, 0.6) is 0 Å². The Morgan fingerprint density at radius 3 is 3.05 bits per heavy atom. The van der Waals surface area contributed by atoms with Crippen LogP contribution in [0.2, 0.25) is 0 Å². The van der Waals surface area contributed by atoms with Crippen LogP contribution in [0.4, 0.5) is 5.82 Å². The highest BCUT2D eigenvalue weighted by atomic mass is 79.9. The Labute approximate surface area is 127 Å². The Balaban J connectivity index is 2.16. The zero-order valence-electron chi connectivity index (χ0n) is 11.8. The first-order chi connectivity index (χ1) is 9.52. The SMILES string of the molecule is CCN1CCCC1CN(C)c1ncc(Br)cc1C(=O)O. The van der Waals surface area contributed by atoms with Crippen molar-refractivity contribution in [3.8, 4) is 0 Å². The van der Waals surface area contributed by atoms with Crippen molar-refractivity contribution >= 4 is 27.7 Å². The molecule has 0 saturated carbocycles. The van der Waals surface area contributed by atoms with Gasteiger partial charge >= 0.3 is 5.97 Å². The average Bonchev–Trinajstić information content (AvgIpc) is 2.85. The summed E-state index contributed by atoms with van der Waals surface area (Å²) in [6, 6.07) is 2.09. The number of halogens is 1. The fourth-order valence-electron chi connectivity index (χ4n) is 2.81. The van der Waals surface area contributed by atoms with E-state index in [-0.39, 0.29) is 5.56 Å². The van der Waals surface area contributed by atoms with Gasteiger partial charge in [0, 0.05) is 30.3 Å². The Kier molecular flexibility index (Phi) is 4.99. The maximum atomic E-state index is 11.3. The first-order valence-electron chi connectivity index (χ1n) is 6.87. The molecule has 1 N–H and O–H groups in total. The first kappa shape index (κ1) is 15.3. The van der Waals surface area contributed by atoms with Gasteiger partial charge in [0.1, 0.15) is 11.4 Å². The minimum Gasteiger partial charge on any atom is -0.478 e. The summed E-state index contributed by atoms with van der Waals surface area (Å²) in [4.78, 5) is 20.0. The van der Waals surface area contributed by atoms with Crippen molar-refractivity contribution in [2.45, 2.75) is 25.8 Å². The number of aromatic nitrogens is 1. The van der Waals surface area contributed by atoms with Crippen molar-refractivity contribution in [2.75, 3.05) is 31.6 Å². The predicted molar refractivity (Wildman–Crippen MR) is 82.4 cm³/mol. The molecule has 2 heterocycles. The summed E-state index contributed by atoms with van der Waals surface area (Å²) in [5, 5.41) is 9.30. The van der Waals surface area contributed by atoms with Crippen LogP contribution in [-0.4, -0.2) is 53.7 Å². The summed E-state index contributed by atoms with van der Waals surface area (Å²) < 4.78 is 0.683. The second-order valence-electron chi connectivity index (χ2n) is 5.14. The third-order valence-electron chi connectivity index (χ3n) is 3.82. The van der Waals surface area contributed by atoms with E-state index in [9.17, 15) is 9.90 Å². The van der Waals surface area contributed by atoms with Gasteiger partial charge in [-0.2, -0.15) is 0 Å². The molecule has 5 nitrogen and oxygen atoms in total. The van der Waals surface area contributed by atoms with Crippen LogP contribution in [0.3, 0.4) is 0 Å². The summed E-state index contributed by atoms with van der Waals surface area (Å²) in [6.45, 7) is 5.15. The van der Waals surface area contributed by atoms with E-state index in [1.54, 1.807) is 12.3 Å². The number of hydrogen-bond donors (Lipinski definition) is 1. The number of rotatable bonds is 5. The van der Waals surface area contributed by atoms with Crippen LogP contribution in [0.15, 0.2) is 16.7 Å². The van der Waals surface area contributed by atoms with Crippen LogP contribution in [-0.2, 0) is 0 Å². The standard InChI is InChI=1S/C14H20BrN3O2/c1-3-18-6-4-5-11(18)9-17(2)13-12(14(19)20)7-10(15)8-16-13/h7-8,11H,3-6,9H2,1-2H3,(H,19,20). The van der Waals surface area contributed by atoms with Crippen LogP contribution in [0, 0.1) is 0 Å². The lowest BCUT2D eigenvalue weighted by molar-refractivity contribution is 0.0697. The van der Waals surface area contributed by atoms with Crippen molar-refractivity contribution in [1.29, 1.82) is 0 Å². The van der Waals surface area contributed by atoms with Crippen molar-refractivity contribution in [2.24, 2.45) is 0 Å². The third kappa shape index (κ3) is 3.30. The van der Waals surface area contributed by atoms with E-state index in [0.29, 0.717) is 16.3 Å². The third-order valence-corrected chi connectivity index (χ3v) is 4.25. The fraction of sp³-hybridized carbons (Fsp3) is 0.571. The van der Waals surface area contributed by atoms with Gasteiger partial charge in [-0.25, -0.2) is 9.78 Å². The van der Waals surface area contributed by atoms with E-state index in [4.69, 9.17) is 0 Å². The minimum atomic E-state index is -0.945. The molecule has 1 saturated heterocycles. The number of hydrogen-bond acceptors (Lipinski definition) is 4. The molecule has 2 rings (SSSR count). The molecule has 1 atom stereocenters. The van der Waals surface area contributed by atoms with Crippen LogP contribution in [0.25, 0.3) is 0 Å². The van der Waals surface area contributed by atoms with Crippen LogP contribution in [0.1, 0.15) is 30.1 Å². The van der Waals surface area contributed by atoms with E-state index in [0.717, 1.165) is 26.1 Å². The van der Waals surface area contributed by atoms with Gasteiger partial charge in [-0.05, 0) is 47.9 Å². The Hall–Kier alpha value is -1.14. The molecule has 110 valence electrons. The zero-order valence-corrected chi connectivity index (χ0v) is 13.4. The molecule has 0 radical (unpaired) electrons. The normalized spacial score (nSPS) is 19.2. The molecule has 20 heavy (non-hydrogen) atoms.